The summed E-state index contributed by atoms with van der Waals surface area (Å²) in [6, 6.07) is 34.1. The van der Waals surface area contributed by atoms with Crippen molar-refractivity contribution < 1.29 is 19.0 Å². The molecular weight excluding hydrogens is 532 g/mol. The van der Waals surface area contributed by atoms with Crippen molar-refractivity contribution in [3.8, 4) is 5.75 Å². The van der Waals surface area contributed by atoms with Crippen LogP contribution in [0.4, 0.5) is 0 Å². The summed E-state index contributed by atoms with van der Waals surface area (Å²) in [7, 11) is 0. The minimum absolute atomic E-state index is 0.0853. The van der Waals surface area contributed by atoms with Crippen LogP contribution >= 0.6 is 11.6 Å². The van der Waals surface area contributed by atoms with E-state index < -0.39 is 5.60 Å². The zero-order valence-corrected chi connectivity index (χ0v) is 24.3. The van der Waals surface area contributed by atoms with Gasteiger partial charge in [-0.15, -0.1) is 0 Å². The first-order valence-corrected chi connectivity index (χ1v) is 14.8. The minimum atomic E-state index is -1.01. The molecule has 1 saturated carbocycles. The molecule has 212 valence electrons. The monoisotopic (exact) mass is 568 g/mol. The minimum Gasteiger partial charge on any atom is -0.494 e. The molecule has 5 heteroatoms. The van der Waals surface area contributed by atoms with Gasteiger partial charge in [0.25, 0.3) is 0 Å². The van der Waals surface area contributed by atoms with Crippen LogP contribution in [-0.4, -0.2) is 24.6 Å². The number of Topliss-reactive ketones (excluding diaryl/α,β-unsaturated/α-hetero) is 1. The fraction of sp³-hybridized carbons (Fsp3) is 0.306. The van der Waals surface area contributed by atoms with Crippen molar-refractivity contribution in [3.63, 3.8) is 0 Å². The van der Waals surface area contributed by atoms with Gasteiger partial charge in [0.1, 0.15) is 5.75 Å². The molecule has 2 unspecified atom stereocenters. The van der Waals surface area contributed by atoms with Gasteiger partial charge in [0.2, 0.25) is 0 Å². The predicted molar refractivity (Wildman–Crippen MR) is 164 cm³/mol. The van der Waals surface area contributed by atoms with E-state index in [-0.39, 0.29) is 18.3 Å². The first-order chi connectivity index (χ1) is 20.1. The Morgan fingerprint density at radius 1 is 0.829 bits per heavy atom. The van der Waals surface area contributed by atoms with Gasteiger partial charge in [0, 0.05) is 10.9 Å². The summed E-state index contributed by atoms with van der Waals surface area (Å²) in [5.74, 6) is 0.656. The van der Waals surface area contributed by atoms with Gasteiger partial charge in [-0.3, -0.25) is 4.79 Å². The molecule has 4 aromatic carbocycles. The van der Waals surface area contributed by atoms with Crippen LogP contribution in [0.2, 0.25) is 5.02 Å². The Morgan fingerprint density at radius 2 is 1.51 bits per heavy atom. The second-order valence-electron chi connectivity index (χ2n) is 10.7. The molecule has 0 saturated heterocycles. The highest BCUT2D eigenvalue weighted by Gasteiger charge is 2.46. The highest BCUT2D eigenvalue weighted by Crippen LogP contribution is 2.40. The van der Waals surface area contributed by atoms with Crippen LogP contribution in [0.15, 0.2) is 103 Å². The van der Waals surface area contributed by atoms with Crippen molar-refractivity contribution in [1.29, 1.82) is 0 Å². The Balaban J connectivity index is 1.36. The highest BCUT2D eigenvalue weighted by molar-refractivity contribution is 6.31. The molecule has 1 fully saturated rings. The van der Waals surface area contributed by atoms with E-state index in [1.807, 2.05) is 91.9 Å². The molecule has 0 bridgehead atoms. The SMILES string of the molecule is CCOc1ccc(Cc2cc(C3CCCC(COCc4ccccc4)(OCc4ccccc4)C3=O)ccc2Cl)cc1. The quantitative estimate of drug-likeness (QED) is 0.172. The number of rotatable bonds is 12. The van der Waals surface area contributed by atoms with Crippen molar-refractivity contribution in [2.75, 3.05) is 13.2 Å². The number of ketones is 1. The third-order valence-electron chi connectivity index (χ3n) is 7.74. The first-order valence-electron chi connectivity index (χ1n) is 14.4. The number of ether oxygens (including phenoxy) is 3. The molecule has 0 radical (unpaired) electrons. The third-order valence-corrected chi connectivity index (χ3v) is 8.11. The number of halogens is 1. The molecule has 41 heavy (non-hydrogen) atoms. The van der Waals surface area contributed by atoms with Crippen LogP contribution < -0.4 is 4.74 Å². The van der Waals surface area contributed by atoms with E-state index in [4.69, 9.17) is 25.8 Å². The maximum Gasteiger partial charge on any atom is 0.174 e. The average molecular weight is 569 g/mol. The van der Waals surface area contributed by atoms with Gasteiger partial charge in [-0.1, -0.05) is 96.5 Å². The maximum absolute atomic E-state index is 14.3. The molecule has 0 aromatic heterocycles. The number of hydrogen-bond acceptors (Lipinski definition) is 4. The van der Waals surface area contributed by atoms with Gasteiger partial charge in [-0.25, -0.2) is 0 Å². The zero-order chi connectivity index (χ0) is 28.5. The standard InChI is InChI=1S/C36H37ClO4/c1-2-40-32-18-15-27(16-19-32)22-31-23-30(17-20-34(31)37)33-14-9-21-36(35(33)38,41-25-29-12-7-4-8-13-29)26-39-24-28-10-5-3-6-11-28/h3-8,10-13,15-20,23,33H,2,9,14,21-22,24-26H2,1H3. The Labute approximate surface area is 248 Å². The average Bonchev–Trinajstić information content (AvgIpc) is 3.01. The lowest BCUT2D eigenvalue weighted by Gasteiger charge is -2.39. The summed E-state index contributed by atoms with van der Waals surface area (Å²) in [4.78, 5) is 14.3. The number of hydrogen-bond donors (Lipinski definition) is 0. The lowest BCUT2D eigenvalue weighted by atomic mass is 9.73. The van der Waals surface area contributed by atoms with E-state index in [0.29, 0.717) is 37.7 Å². The molecule has 0 spiro atoms. The highest BCUT2D eigenvalue weighted by atomic mass is 35.5. The van der Waals surface area contributed by atoms with Crippen molar-refractivity contribution in [1.82, 2.24) is 0 Å². The van der Waals surface area contributed by atoms with E-state index >= 15 is 0 Å². The molecule has 1 aliphatic carbocycles. The van der Waals surface area contributed by atoms with Gasteiger partial charge >= 0.3 is 0 Å². The smallest absolute Gasteiger partial charge is 0.174 e. The van der Waals surface area contributed by atoms with Crippen LogP contribution in [0.3, 0.4) is 0 Å². The predicted octanol–water partition coefficient (Wildman–Crippen LogP) is 8.34. The maximum atomic E-state index is 14.3. The lowest BCUT2D eigenvalue weighted by Crippen LogP contribution is -2.50. The van der Waals surface area contributed by atoms with Crippen LogP contribution in [-0.2, 0) is 33.9 Å². The molecule has 5 rings (SSSR count). The van der Waals surface area contributed by atoms with Gasteiger partial charge in [-0.05, 0) is 78.6 Å². The van der Waals surface area contributed by atoms with E-state index in [1.165, 1.54) is 0 Å². The third kappa shape index (κ3) is 7.45. The van der Waals surface area contributed by atoms with Gasteiger partial charge < -0.3 is 14.2 Å². The van der Waals surface area contributed by atoms with Crippen LogP contribution in [0, 0.1) is 0 Å². The molecule has 0 amide bonds. The van der Waals surface area contributed by atoms with Crippen molar-refractivity contribution in [3.05, 3.63) is 136 Å². The topological polar surface area (TPSA) is 44.8 Å². The zero-order valence-electron chi connectivity index (χ0n) is 23.6. The van der Waals surface area contributed by atoms with Crippen molar-refractivity contribution >= 4 is 17.4 Å². The van der Waals surface area contributed by atoms with E-state index in [2.05, 4.69) is 18.2 Å². The van der Waals surface area contributed by atoms with Gasteiger partial charge in [0.05, 0.1) is 26.4 Å². The molecule has 2 atom stereocenters. The fourth-order valence-electron chi connectivity index (χ4n) is 5.55. The van der Waals surface area contributed by atoms with E-state index in [1.54, 1.807) is 0 Å². The summed E-state index contributed by atoms with van der Waals surface area (Å²) in [6.07, 6.45) is 2.96. The van der Waals surface area contributed by atoms with E-state index in [0.717, 1.165) is 46.4 Å². The molecule has 1 aliphatic rings. The Morgan fingerprint density at radius 3 is 2.20 bits per heavy atom. The first kappa shape index (κ1) is 29.1. The largest absolute Gasteiger partial charge is 0.494 e. The summed E-state index contributed by atoms with van der Waals surface area (Å²) >= 11 is 6.65. The van der Waals surface area contributed by atoms with Crippen molar-refractivity contribution in [2.45, 2.75) is 57.3 Å². The van der Waals surface area contributed by atoms with Gasteiger partial charge in [0.15, 0.2) is 11.4 Å². The van der Waals surface area contributed by atoms with Crippen molar-refractivity contribution in [2.24, 2.45) is 0 Å². The molecular formula is C36H37ClO4. The summed E-state index contributed by atoms with van der Waals surface area (Å²) in [6.45, 7) is 3.62. The Bertz CT molecular complexity index is 1400. The normalized spacial score (nSPS) is 18.8. The number of benzene rings is 4. The summed E-state index contributed by atoms with van der Waals surface area (Å²) in [5.41, 5.74) is 4.22. The Kier molecular flexibility index (Phi) is 9.89. The molecule has 0 N–H and O–H groups in total. The fourth-order valence-corrected chi connectivity index (χ4v) is 5.73. The molecule has 4 nitrogen and oxygen atoms in total. The Hall–Kier alpha value is -3.44. The van der Waals surface area contributed by atoms with Crippen LogP contribution in [0.5, 0.6) is 5.75 Å². The summed E-state index contributed by atoms with van der Waals surface area (Å²) in [5, 5.41) is 0.698. The second kappa shape index (κ2) is 14.0. The number of carbonyl (C=O) groups is 1. The summed E-state index contributed by atoms with van der Waals surface area (Å²) < 4.78 is 18.3. The molecule has 0 aliphatic heterocycles. The van der Waals surface area contributed by atoms with E-state index in [9.17, 15) is 4.79 Å². The second-order valence-corrected chi connectivity index (χ2v) is 11.1. The van der Waals surface area contributed by atoms with Crippen LogP contribution in [0.25, 0.3) is 0 Å². The van der Waals surface area contributed by atoms with Gasteiger partial charge in [-0.2, -0.15) is 0 Å². The number of carbonyl (C=O) groups excluding carboxylic acids is 1. The molecule has 0 heterocycles. The van der Waals surface area contributed by atoms with Crippen LogP contribution in [0.1, 0.15) is 59.9 Å². The lowest BCUT2D eigenvalue weighted by molar-refractivity contribution is -0.165. The molecule has 4 aromatic rings.